The zero-order chi connectivity index (χ0) is 19.8. The highest BCUT2D eigenvalue weighted by Gasteiger charge is 2.54. The minimum absolute atomic E-state index is 0.0951. The molecule has 1 heterocycles. The third-order valence-electron chi connectivity index (χ3n) is 6.09. The lowest BCUT2D eigenvalue weighted by Crippen LogP contribution is -2.41. The van der Waals surface area contributed by atoms with Crippen molar-refractivity contribution in [3.05, 3.63) is 35.4 Å². The molecule has 0 radical (unpaired) electrons. The van der Waals surface area contributed by atoms with Gasteiger partial charge in [-0.15, -0.1) is 0 Å². The highest BCUT2D eigenvalue weighted by atomic mass is 16.7. The highest BCUT2D eigenvalue weighted by molar-refractivity contribution is 6.47. The third kappa shape index (κ3) is 4.32. The average molecular weight is 360 g/mol. The van der Waals surface area contributed by atoms with Gasteiger partial charge in [-0.05, 0) is 57.2 Å². The van der Waals surface area contributed by atoms with E-state index in [1.807, 2.05) is 24.3 Å². The van der Waals surface area contributed by atoms with Crippen molar-refractivity contribution >= 4 is 13.1 Å². The molecule has 144 valence electrons. The van der Waals surface area contributed by atoms with Crippen molar-refractivity contribution in [3.8, 4) is 0 Å². The topological polar surface area (TPSA) is 44.8 Å². The fourth-order valence-electron chi connectivity index (χ4n) is 3.15. The molecular weight excluding hydrogens is 327 g/mol. The fourth-order valence-corrected chi connectivity index (χ4v) is 3.15. The van der Waals surface area contributed by atoms with Crippen molar-refractivity contribution in [2.45, 2.75) is 78.3 Å². The molecule has 0 aliphatic carbocycles. The summed E-state index contributed by atoms with van der Waals surface area (Å²) >= 11 is 0. The van der Waals surface area contributed by atoms with Crippen molar-refractivity contribution in [2.75, 3.05) is 7.11 Å². The molecule has 1 aromatic rings. The minimum atomic E-state index is -0.363. The van der Waals surface area contributed by atoms with Gasteiger partial charge in [0.05, 0.1) is 23.9 Å². The monoisotopic (exact) mass is 360 g/mol. The maximum absolute atomic E-state index is 11.7. The van der Waals surface area contributed by atoms with Crippen LogP contribution in [0.15, 0.2) is 24.3 Å². The normalized spacial score (nSPS) is 20.1. The van der Waals surface area contributed by atoms with Gasteiger partial charge in [0.2, 0.25) is 0 Å². The number of rotatable bonds is 6. The fraction of sp³-hybridized carbons (Fsp3) is 0.667. The average Bonchev–Trinajstić information content (AvgIpc) is 2.80. The molecule has 1 unspecified atom stereocenters. The second kappa shape index (κ2) is 7.36. The number of benzene rings is 1. The second-order valence-corrected chi connectivity index (χ2v) is 9.07. The van der Waals surface area contributed by atoms with Crippen molar-refractivity contribution in [2.24, 2.45) is 5.41 Å². The Morgan fingerprint density at radius 3 is 2.04 bits per heavy atom. The van der Waals surface area contributed by atoms with Crippen LogP contribution in [0.2, 0.25) is 0 Å². The lowest BCUT2D eigenvalue weighted by Gasteiger charge is -2.32. The van der Waals surface area contributed by atoms with E-state index in [0.717, 1.165) is 18.4 Å². The summed E-state index contributed by atoms with van der Waals surface area (Å²) in [5, 5.41) is 0. The van der Waals surface area contributed by atoms with Crippen molar-refractivity contribution in [1.29, 1.82) is 0 Å². The molecule has 1 fully saturated rings. The first-order valence-electron chi connectivity index (χ1n) is 9.46. The van der Waals surface area contributed by atoms with Gasteiger partial charge >= 0.3 is 13.1 Å². The standard InChI is InChI=1S/C21H33BO4/c1-9-19(2,3)14-17(22-25-20(4,5)21(6,7)26-22)15-10-12-16(13-11-15)18(23)24-8/h10-13,17H,9,14H2,1-8H3. The van der Waals surface area contributed by atoms with Crippen molar-refractivity contribution < 1.29 is 18.8 Å². The molecule has 1 atom stereocenters. The predicted molar refractivity (Wildman–Crippen MR) is 105 cm³/mol. The summed E-state index contributed by atoms with van der Waals surface area (Å²) < 4.78 is 17.5. The smallest absolute Gasteiger partial charge is 0.465 e. The SMILES string of the molecule is CCC(C)(C)CC(B1OC(C)(C)C(C)(C)O1)c1ccc(C(=O)OC)cc1. The van der Waals surface area contributed by atoms with Gasteiger partial charge in [0, 0.05) is 5.82 Å². The van der Waals surface area contributed by atoms with Crippen LogP contribution >= 0.6 is 0 Å². The van der Waals surface area contributed by atoms with Gasteiger partial charge < -0.3 is 14.0 Å². The third-order valence-corrected chi connectivity index (χ3v) is 6.09. The van der Waals surface area contributed by atoms with Gasteiger partial charge in [0.1, 0.15) is 0 Å². The number of ether oxygens (including phenoxy) is 1. The first-order valence-corrected chi connectivity index (χ1v) is 9.46. The molecule has 1 aromatic carbocycles. The lowest BCUT2D eigenvalue weighted by atomic mass is 9.61. The number of hydrogen-bond acceptors (Lipinski definition) is 4. The number of carbonyl (C=O) groups excluding carboxylic acids is 1. The van der Waals surface area contributed by atoms with Gasteiger partial charge in [-0.3, -0.25) is 0 Å². The van der Waals surface area contributed by atoms with Crippen LogP contribution in [0.5, 0.6) is 0 Å². The molecule has 26 heavy (non-hydrogen) atoms. The molecule has 1 saturated heterocycles. The van der Waals surface area contributed by atoms with Gasteiger partial charge in [0.15, 0.2) is 0 Å². The van der Waals surface area contributed by atoms with E-state index < -0.39 is 0 Å². The summed E-state index contributed by atoms with van der Waals surface area (Å²) in [6.07, 6.45) is 2.02. The molecule has 1 aliphatic rings. The van der Waals surface area contributed by atoms with E-state index in [0.29, 0.717) is 5.56 Å². The molecule has 2 rings (SSSR count). The van der Waals surface area contributed by atoms with Crippen molar-refractivity contribution in [1.82, 2.24) is 0 Å². The van der Waals surface area contributed by atoms with E-state index in [9.17, 15) is 4.79 Å². The number of esters is 1. The molecule has 0 bridgehead atoms. The van der Waals surface area contributed by atoms with Gasteiger partial charge in [0.25, 0.3) is 0 Å². The number of hydrogen-bond donors (Lipinski definition) is 0. The Hall–Kier alpha value is -1.33. The van der Waals surface area contributed by atoms with Crippen LogP contribution < -0.4 is 0 Å². The summed E-state index contributed by atoms with van der Waals surface area (Å²) in [5.41, 5.74) is 1.11. The van der Waals surface area contributed by atoms with Crippen LogP contribution in [0, 0.1) is 5.41 Å². The van der Waals surface area contributed by atoms with E-state index in [4.69, 9.17) is 14.0 Å². The summed E-state index contributed by atoms with van der Waals surface area (Å²) in [6.45, 7) is 15.1. The maximum Gasteiger partial charge on any atom is 0.465 e. The van der Waals surface area contributed by atoms with Crippen LogP contribution in [0.3, 0.4) is 0 Å². The highest BCUT2D eigenvalue weighted by Crippen LogP contribution is 2.44. The summed E-state index contributed by atoms with van der Waals surface area (Å²) in [7, 11) is 1.09. The minimum Gasteiger partial charge on any atom is -0.465 e. The molecule has 1 aliphatic heterocycles. The molecule has 0 spiro atoms. The zero-order valence-corrected chi connectivity index (χ0v) is 17.5. The van der Waals surface area contributed by atoms with E-state index >= 15 is 0 Å². The molecular formula is C21H33BO4. The van der Waals surface area contributed by atoms with Gasteiger partial charge in [-0.1, -0.05) is 39.3 Å². The first-order chi connectivity index (χ1) is 11.9. The molecule has 0 aromatic heterocycles. The molecule has 4 nitrogen and oxygen atoms in total. The predicted octanol–water partition coefficient (Wildman–Crippen LogP) is 5.01. The largest absolute Gasteiger partial charge is 0.465 e. The summed E-state index contributed by atoms with van der Waals surface area (Å²) in [5.74, 6) is -0.227. The Bertz CT molecular complexity index is 618. The zero-order valence-electron chi connectivity index (χ0n) is 17.5. The van der Waals surface area contributed by atoms with Gasteiger partial charge in [-0.2, -0.15) is 0 Å². The Morgan fingerprint density at radius 1 is 1.12 bits per heavy atom. The molecule has 0 amide bonds. The molecule has 0 saturated carbocycles. The first kappa shape index (κ1) is 21.0. The quantitative estimate of drug-likeness (QED) is 0.528. The Kier molecular flexibility index (Phi) is 5.94. The molecule has 5 heteroatoms. The Labute approximate surface area is 158 Å². The van der Waals surface area contributed by atoms with Crippen LogP contribution in [-0.2, 0) is 14.0 Å². The van der Waals surface area contributed by atoms with Crippen LogP contribution in [0.4, 0.5) is 0 Å². The van der Waals surface area contributed by atoms with E-state index in [1.54, 1.807) is 0 Å². The summed E-state index contributed by atoms with van der Waals surface area (Å²) in [4.78, 5) is 11.7. The number of carbonyl (C=O) groups is 1. The summed E-state index contributed by atoms with van der Waals surface area (Å²) in [6, 6.07) is 7.62. The van der Waals surface area contributed by atoms with E-state index in [1.165, 1.54) is 7.11 Å². The second-order valence-electron chi connectivity index (χ2n) is 9.07. The van der Waals surface area contributed by atoms with Crippen molar-refractivity contribution in [3.63, 3.8) is 0 Å². The van der Waals surface area contributed by atoms with E-state index in [2.05, 4.69) is 48.5 Å². The Balaban J connectivity index is 2.35. The maximum atomic E-state index is 11.7. The molecule has 0 N–H and O–H groups in total. The van der Waals surface area contributed by atoms with Crippen LogP contribution in [-0.4, -0.2) is 31.4 Å². The van der Waals surface area contributed by atoms with E-state index in [-0.39, 0.29) is 35.5 Å². The number of methoxy groups -OCH3 is 1. The van der Waals surface area contributed by atoms with Crippen LogP contribution in [0.25, 0.3) is 0 Å². The Morgan fingerprint density at radius 2 is 1.62 bits per heavy atom. The van der Waals surface area contributed by atoms with Crippen LogP contribution in [0.1, 0.15) is 83.0 Å². The lowest BCUT2D eigenvalue weighted by molar-refractivity contribution is 0.00578. The van der Waals surface area contributed by atoms with Gasteiger partial charge in [-0.25, -0.2) is 4.79 Å².